The average Bonchev–Trinajstić information content (AvgIpc) is 3.12. The van der Waals surface area contributed by atoms with E-state index in [2.05, 4.69) is 20.4 Å². The highest BCUT2D eigenvalue weighted by molar-refractivity contribution is 7.08. The first-order valence-corrected chi connectivity index (χ1v) is 8.01. The molecule has 5 nitrogen and oxygen atoms in total. The fourth-order valence-electron chi connectivity index (χ4n) is 2.66. The number of aromatic nitrogens is 2. The molecule has 0 radical (unpaired) electrons. The average molecular weight is 292 g/mol. The smallest absolute Gasteiger partial charge is 0.241 e. The normalized spacial score (nSPS) is 17.6. The Bertz CT molecular complexity index is 517. The molecule has 0 unspecified atom stereocenters. The Labute approximate surface area is 123 Å². The standard InChI is InChI=1S/C14H20N4OS/c1-15-8-11-2-5-18(6-3-11)9-13-16-14(17-19-13)12-4-7-20-10-12/h4,7,10-11,15H,2-3,5-6,8-9H2,1H3. The van der Waals surface area contributed by atoms with E-state index in [9.17, 15) is 0 Å². The lowest BCUT2D eigenvalue weighted by Gasteiger charge is -2.30. The van der Waals surface area contributed by atoms with Crippen molar-refractivity contribution < 1.29 is 4.52 Å². The summed E-state index contributed by atoms with van der Waals surface area (Å²) in [6.07, 6.45) is 2.48. The van der Waals surface area contributed by atoms with Crippen LogP contribution in [0.5, 0.6) is 0 Å². The van der Waals surface area contributed by atoms with E-state index in [1.54, 1.807) is 11.3 Å². The summed E-state index contributed by atoms with van der Waals surface area (Å²) in [5, 5.41) is 11.4. The minimum Gasteiger partial charge on any atom is -0.338 e. The molecule has 0 bridgehead atoms. The molecule has 0 aromatic carbocycles. The molecule has 1 fully saturated rings. The Morgan fingerprint density at radius 1 is 1.45 bits per heavy atom. The van der Waals surface area contributed by atoms with Gasteiger partial charge in [0.15, 0.2) is 0 Å². The topological polar surface area (TPSA) is 54.2 Å². The molecule has 0 atom stereocenters. The Morgan fingerprint density at radius 3 is 3.00 bits per heavy atom. The molecule has 1 aliphatic rings. The highest BCUT2D eigenvalue weighted by Gasteiger charge is 2.20. The number of hydrogen-bond acceptors (Lipinski definition) is 6. The second-order valence-electron chi connectivity index (χ2n) is 5.30. The van der Waals surface area contributed by atoms with Crippen LogP contribution in [0.1, 0.15) is 18.7 Å². The predicted octanol–water partition coefficient (Wildman–Crippen LogP) is 2.23. The van der Waals surface area contributed by atoms with Crippen molar-refractivity contribution >= 4 is 11.3 Å². The zero-order chi connectivity index (χ0) is 13.8. The summed E-state index contributed by atoms with van der Waals surface area (Å²) >= 11 is 1.65. The molecule has 1 N–H and O–H groups in total. The highest BCUT2D eigenvalue weighted by atomic mass is 32.1. The van der Waals surface area contributed by atoms with Gasteiger partial charge in [-0.15, -0.1) is 0 Å². The molecule has 2 aromatic rings. The van der Waals surface area contributed by atoms with Crippen molar-refractivity contribution in [3.8, 4) is 11.4 Å². The van der Waals surface area contributed by atoms with Crippen LogP contribution in [-0.2, 0) is 6.54 Å². The van der Waals surface area contributed by atoms with E-state index in [1.165, 1.54) is 12.8 Å². The first kappa shape index (κ1) is 13.7. The molecule has 0 saturated carbocycles. The van der Waals surface area contributed by atoms with Crippen molar-refractivity contribution in [3.05, 3.63) is 22.7 Å². The SMILES string of the molecule is CNCC1CCN(Cc2nc(-c3ccsc3)no2)CC1. The van der Waals surface area contributed by atoms with Gasteiger partial charge < -0.3 is 9.84 Å². The van der Waals surface area contributed by atoms with Gasteiger partial charge in [0.1, 0.15) is 0 Å². The van der Waals surface area contributed by atoms with Crippen molar-refractivity contribution in [2.75, 3.05) is 26.7 Å². The molecular weight excluding hydrogens is 272 g/mol. The third-order valence-electron chi connectivity index (χ3n) is 3.81. The van der Waals surface area contributed by atoms with Crippen LogP contribution in [0, 0.1) is 5.92 Å². The zero-order valence-corrected chi connectivity index (χ0v) is 12.5. The van der Waals surface area contributed by atoms with Crippen LogP contribution in [0.15, 0.2) is 21.3 Å². The summed E-state index contributed by atoms with van der Waals surface area (Å²) in [7, 11) is 2.02. The van der Waals surface area contributed by atoms with E-state index in [-0.39, 0.29) is 0 Å². The number of thiophene rings is 1. The van der Waals surface area contributed by atoms with Crippen molar-refractivity contribution in [2.45, 2.75) is 19.4 Å². The van der Waals surface area contributed by atoms with E-state index in [4.69, 9.17) is 4.52 Å². The molecular formula is C14H20N4OS. The van der Waals surface area contributed by atoms with E-state index < -0.39 is 0 Å². The molecule has 0 amide bonds. The van der Waals surface area contributed by atoms with Crippen LogP contribution in [0.2, 0.25) is 0 Å². The van der Waals surface area contributed by atoms with Crippen molar-refractivity contribution in [1.29, 1.82) is 0 Å². The van der Waals surface area contributed by atoms with Crippen molar-refractivity contribution in [2.24, 2.45) is 5.92 Å². The molecule has 0 aliphatic carbocycles. The Kier molecular flexibility index (Phi) is 4.44. The number of hydrogen-bond donors (Lipinski definition) is 1. The third-order valence-corrected chi connectivity index (χ3v) is 4.49. The Hall–Kier alpha value is -1.24. The summed E-state index contributed by atoms with van der Waals surface area (Å²) in [5.41, 5.74) is 1.04. The molecule has 108 valence electrons. The van der Waals surface area contributed by atoms with Gasteiger partial charge in [-0.25, -0.2) is 0 Å². The maximum Gasteiger partial charge on any atom is 0.241 e. The van der Waals surface area contributed by atoms with E-state index >= 15 is 0 Å². The molecule has 20 heavy (non-hydrogen) atoms. The van der Waals surface area contributed by atoms with Crippen LogP contribution in [-0.4, -0.2) is 41.7 Å². The third kappa shape index (κ3) is 3.26. The highest BCUT2D eigenvalue weighted by Crippen LogP contribution is 2.21. The first-order chi connectivity index (χ1) is 9.85. The minimum atomic E-state index is 0.700. The number of nitrogens with one attached hydrogen (secondary N) is 1. The Morgan fingerprint density at radius 2 is 2.30 bits per heavy atom. The van der Waals surface area contributed by atoms with Gasteiger partial charge in [-0.1, -0.05) is 5.16 Å². The fraction of sp³-hybridized carbons (Fsp3) is 0.571. The lowest BCUT2D eigenvalue weighted by Crippen LogP contribution is -2.36. The van der Waals surface area contributed by atoms with E-state index in [0.717, 1.165) is 43.6 Å². The van der Waals surface area contributed by atoms with Gasteiger partial charge in [0.2, 0.25) is 11.7 Å². The molecule has 1 saturated heterocycles. The van der Waals surface area contributed by atoms with Gasteiger partial charge in [0.05, 0.1) is 6.54 Å². The lowest BCUT2D eigenvalue weighted by molar-refractivity contribution is 0.159. The Balaban J connectivity index is 1.54. The second-order valence-corrected chi connectivity index (χ2v) is 6.08. The molecule has 3 rings (SSSR count). The molecule has 6 heteroatoms. The van der Waals surface area contributed by atoms with Crippen LogP contribution in [0.3, 0.4) is 0 Å². The molecule has 3 heterocycles. The van der Waals surface area contributed by atoms with E-state index in [1.807, 2.05) is 23.9 Å². The quantitative estimate of drug-likeness (QED) is 0.916. The predicted molar refractivity (Wildman–Crippen MR) is 79.5 cm³/mol. The minimum absolute atomic E-state index is 0.700. The largest absolute Gasteiger partial charge is 0.338 e. The summed E-state index contributed by atoms with van der Waals surface area (Å²) in [4.78, 5) is 6.88. The summed E-state index contributed by atoms with van der Waals surface area (Å²) < 4.78 is 5.36. The number of piperidine rings is 1. The van der Waals surface area contributed by atoms with Crippen LogP contribution in [0.4, 0.5) is 0 Å². The van der Waals surface area contributed by atoms with Gasteiger partial charge >= 0.3 is 0 Å². The number of rotatable bonds is 5. The van der Waals surface area contributed by atoms with Gasteiger partial charge in [-0.2, -0.15) is 16.3 Å². The number of likely N-dealkylation sites (tertiary alicyclic amines) is 1. The number of nitrogens with zero attached hydrogens (tertiary/aromatic N) is 3. The molecule has 0 spiro atoms. The monoisotopic (exact) mass is 292 g/mol. The second kappa shape index (κ2) is 6.47. The van der Waals surface area contributed by atoms with Gasteiger partial charge in [0.25, 0.3) is 0 Å². The van der Waals surface area contributed by atoms with E-state index in [0.29, 0.717) is 5.82 Å². The first-order valence-electron chi connectivity index (χ1n) is 7.07. The lowest BCUT2D eigenvalue weighted by atomic mass is 9.97. The van der Waals surface area contributed by atoms with Crippen LogP contribution >= 0.6 is 11.3 Å². The van der Waals surface area contributed by atoms with Gasteiger partial charge in [-0.3, -0.25) is 4.90 Å². The van der Waals surface area contributed by atoms with Crippen molar-refractivity contribution in [1.82, 2.24) is 20.4 Å². The maximum absolute atomic E-state index is 5.36. The van der Waals surface area contributed by atoms with Crippen LogP contribution in [0.25, 0.3) is 11.4 Å². The summed E-state index contributed by atoms with van der Waals surface area (Å²) in [6.45, 7) is 4.12. The fourth-order valence-corrected chi connectivity index (χ4v) is 3.29. The van der Waals surface area contributed by atoms with Gasteiger partial charge in [-0.05, 0) is 56.9 Å². The summed E-state index contributed by atoms with van der Waals surface area (Å²) in [5.74, 6) is 2.23. The molecule has 1 aliphatic heterocycles. The summed E-state index contributed by atoms with van der Waals surface area (Å²) in [6, 6.07) is 2.02. The zero-order valence-electron chi connectivity index (χ0n) is 11.7. The molecule has 2 aromatic heterocycles. The van der Waals surface area contributed by atoms with Gasteiger partial charge in [0, 0.05) is 10.9 Å². The van der Waals surface area contributed by atoms with Crippen molar-refractivity contribution in [3.63, 3.8) is 0 Å². The maximum atomic E-state index is 5.36. The van der Waals surface area contributed by atoms with Crippen LogP contribution < -0.4 is 5.32 Å².